The summed E-state index contributed by atoms with van der Waals surface area (Å²) in [5.41, 5.74) is -2.28. The van der Waals surface area contributed by atoms with Crippen molar-refractivity contribution in [1.82, 2.24) is 39.8 Å². The number of hydrogen-bond acceptors (Lipinski definition) is 8. The molecule has 2 atom stereocenters. The second kappa shape index (κ2) is 14.4. The van der Waals surface area contributed by atoms with E-state index >= 15 is 8.78 Å². The van der Waals surface area contributed by atoms with Crippen molar-refractivity contribution in [3.05, 3.63) is 106 Å². The topological polar surface area (TPSA) is 150 Å². The third kappa shape index (κ3) is 7.74. The summed E-state index contributed by atoms with van der Waals surface area (Å²) < 4.78 is 130. The third-order valence-corrected chi connectivity index (χ3v) is 10.2. The Labute approximate surface area is 324 Å². The lowest BCUT2D eigenvalue weighted by molar-refractivity contribution is -0.142. The lowest BCUT2D eigenvalue weighted by Gasteiger charge is -2.23. The van der Waals surface area contributed by atoms with E-state index in [4.69, 9.17) is 16.6 Å². The summed E-state index contributed by atoms with van der Waals surface area (Å²) in [7, 11) is -2.33. The zero-order valence-corrected chi connectivity index (χ0v) is 31.4. The first-order valence-corrected chi connectivity index (χ1v) is 19.2. The summed E-state index contributed by atoms with van der Waals surface area (Å²) in [5, 5.41) is 10.6. The third-order valence-electron chi connectivity index (χ3n) is 9.31. The zero-order valence-electron chi connectivity index (χ0n) is 29.8. The maximum absolute atomic E-state index is 15.4. The highest BCUT2D eigenvalue weighted by atomic mass is 35.5. The predicted molar refractivity (Wildman–Crippen MR) is 193 cm³/mol. The van der Waals surface area contributed by atoms with Gasteiger partial charge in [-0.1, -0.05) is 30.7 Å². The molecule has 0 unspecified atom stereocenters. The van der Waals surface area contributed by atoms with Crippen molar-refractivity contribution in [1.29, 1.82) is 0 Å². The predicted octanol–water partition coefficient (Wildman–Crippen LogP) is 6.99. The molecule has 2 aromatic carbocycles. The van der Waals surface area contributed by atoms with Gasteiger partial charge in [0.1, 0.15) is 29.6 Å². The fourth-order valence-corrected chi connectivity index (χ4v) is 7.73. The van der Waals surface area contributed by atoms with Crippen LogP contribution in [-0.4, -0.2) is 55.1 Å². The van der Waals surface area contributed by atoms with E-state index in [1.807, 2.05) is 0 Å². The Bertz CT molecular complexity index is 2650. The van der Waals surface area contributed by atoms with E-state index in [1.54, 1.807) is 18.2 Å². The van der Waals surface area contributed by atoms with Crippen LogP contribution in [0, 0.1) is 17.6 Å². The number of hydrogen-bond donors (Lipinski definition) is 2. The fourth-order valence-electron chi connectivity index (χ4n) is 7.00. The van der Waals surface area contributed by atoms with Crippen LogP contribution in [0.1, 0.15) is 41.2 Å². The van der Waals surface area contributed by atoms with Gasteiger partial charge in [0.25, 0.3) is 5.92 Å². The molecule has 1 aliphatic carbocycles. The number of amides is 1. The molecule has 298 valence electrons. The van der Waals surface area contributed by atoms with Crippen molar-refractivity contribution in [2.45, 2.75) is 44.5 Å². The molecular weight excluding hydrogens is 807 g/mol. The number of sulfonamides is 1. The number of alkyl halides is 5. The number of aromatic nitrogens is 7. The minimum atomic E-state index is -5.10. The second-order valence-corrected chi connectivity index (χ2v) is 15.7. The molecule has 0 spiro atoms. The van der Waals surface area contributed by atoms with Crippen molar-refractivity contribution in [2.24, 2.45) is 13.0 Å². The molecule has 6 aromatic rings. The van der Waals surface area contributed by atoms with Gasteiger partial charge in [0.05, 0.1) is 33.9 Å². The van der Waals surface area contributed by atoms with Gasteiger partial charge in [0, 0.05) is 48.1 Å². The average Bonchev–Trinajstić information content (AvgIpc) is 3.72. The molecular formula is C36H29ClF7N9O3S. The summed E-state index contributed by atoms with van der Waals surface area (Å²) in [6, 6.07) is 8.91. The van der Waals surface area contributed by atoms with E-state index in [0.29, 0.717) is 16.3 Å². The number of carbonyl (C=O) groups excluding carboxylic acids is 1. The first-order chi connectivity index (χ1) is 26.7. The minimum Gasteiger partial charge on any atom is -0.346 e. The van der Waals surface area contributed by atoms with Crippen LogP contribution in [0.4, 0.5) is 36.6 Å². The van der Waals surface area contributed by atoms with Crippen molar-refractivity contribution in [2.75, 3.05) is 11.0 Å². The molecule has 0 saturated carbocycles. The first kappa shape index (κ1) is 39.6. The maximum atomic E-state index is 15.4. The summed E-state index contributed by atoms with van der Waals surface area (Å²) >= 11 is 6.57. The van der Waals surface area contributed by atoms with E-state index in [2.05, 4.69) is 30.2 Å². The fraction of sp³-hybridized carbons (Fsp3) is 0.278. The molecule has 0 bridgehead atoms. The van der Waals surface area contributed by atoms with Crippen LogP contribution < -0.4 is 10.0 Å². The van der Waals surface area contributed by atoms with Gasteiger partial charge in [-0.3, -0.25) is 18.9 Å². The Morgan fingerprint density at radius 3 is 2.35 bits per heavy atom. The van der Waals surface area contributed by atoms with Gasteiger partial charge < -0.3 is 5.32 Å². The number of carbonyl (C=O) groups is 1. The van der Waals surface area contributed by atoms with Crippen LogP contribution in [0.3, 0.4) is 0 Å². The van der Waals surface area contributed by atoms with E-state index in [9.17, 15) is 35.2 Å². The van der Waals surface area contributed by atoms with Gasteiger partial charge in [0.2, 0.25) is 15.9 Å². The summed E-state index contributed by atoms with van der Waals surface area (Å²) in [5.74, 6) is -8.27. The highest BCUT2D eigenvalue weighted by Crippen LogP contribution is 2.49. The molecule has 4 aromatic heterocycles. The van der Waals surface area contributed by atoms with Gasteiger partial charge >= 0.3 is 6.18 Å². The molecule has 4 heterocycles. The number of nitrogens with zero attached hydrogens (tertiary/aromatic N) is 7. The minimum absolute atomic E-state index is 0.000967. The van der Waals surface area contributed by atoms with Gasteiger partial charge in [-0.2, -0.15) is 32.1 Å². The molecule has 0 aliphatic heterocycles. The second-order valence-electron chi connectivity index (χ2n) is 13.5. The maximum Gasteiger partial charge on any atom is 0.435 e. The van der Waals surface area contributed by atoms with Gasteiger partial charge in [-0.05, 0) is 48.7 Å². The summed E-state index contributed by atoms with van der Waals surface area (Å²) in [6.07, 6.45) is -2.31. The van der Waals surface area contributed by atoms with E-state index in [-0.39, 0.29) is 56.5 Å². The monoisotopic (exact) mass is 835 g/mol. The van der Waals surface area contributed by atoms with Crippen LogP contribution in [-0.2, 0) is 53.4 Å². The van der Waals surface area contributed by atoms with Crippen LogP contribution in [0.2, 0.25) is 5.02 Å². The van der Waals surface area contributed by atoms with Crippen molar-refractivity contribution in [3.8, 4) is 22.6 Å². The van der Waals surface area contributed by atoms with Gasteiger partial charge in [0.15, 0.2) is 17.3 Å². The summed E-state index contributed by atoms with van der Waals surface area (Å²) in [4.78, 5) is 27.2. The normalized spacial score (nSPS) is 15.8. The average molecular weight is 836 g/mol. The number of rotatable bonds is 10. The van der Waals surface area contributed by atoms with Crippen molar-refractivity contribution < 1.29 is 43.9 Å². The van der Waals surface area contributed by atoms with Crippen LogP contribution in [0.15, 0.2) is 60.9 Å². The molecule has 0 radical (unpaired) electrons. The number of nitrogens with one attached hydrogen (secondary N) is 2. The number of halogens is 8. The Hall–Kier alpha value is -5.63. The van der Waals surface area contributed by atoms with Gasteiger partial charge in [-0.15, -0.1) is 0 Å². The number of anilines is 1. The highest BCUT2D eigenvalue weighted by molar-refractivity contribution is 7.92. The standard InChI is InChI=1S/C36H29ClF7N9O3S/c1-17-11-23-31(36(42,43)44)49-53(32(23)35(17,40)41)16-27(54)47-26(14-18-12-19(38)15-20(39)13-18)29-21(6-8-25(48-29)33-45-9-4-10-46-33)22-5-7-24(37)28-30(22)52(2)50-34(28)51-57(3,55)56/h4-10,12-13,15,17,26H,11,14,16H2,1-3H3,(H,47,54)(H,50,51)/t17-,26+/m1/s1. The SMILES string of the molecule is C[C@@H]1Cc2c(C(F)(F)F)nn(CC(=O)N[C@@H](Cc3cc(F)cc(F)c3)c3nc(-c4ncccn4)ccc3-c3ccc(Cl)c4c(NS(C)(=O)=O)nn(C)c34)c2C1(F)F. The molecule has 12 nitrogen and oxygen atoms in total. The Balaban J connectivity index is 1.41. The largest absolute Gasteiger partial charge is 0.435 e. The Kier molecular flexibility index (Phi) is 10.00. The van der Waals surface area contributed by atoms with Crippen molar-refractivity contribution in [3.63, 3.8) is 0 Å². The smallest absolute Gasteiger partial charge is 0.346 e. The molecule has 0 fully saturated rings. The van der Waals surface area contributed by atoms with Crippen LogP contribution in [0.25, 0.3) is 33.5 Å². The molecule has 1 amide bonds. The molecule has 57 heavy (non-hydrogen) atoms. The van der Waals surface area contributed by atoms with Crippen LogP contribution >= 0.6 is 11.6 Å². The highest BCUT2D eigenvalue weighted by Gasteiger charge is 2.54. The molecule has 7 rings (SSSR count). The quantitative estimate of drug-likeness (QED) is 0.140. The number of aryl methyl sites for hydroxylation is 1. The van der Waals surface area contributed by atoms with E-state index in [0.717, 1.165) is 25.3 Å². The molecule has 2 N–H and O–H groups in total. The van der Waals surface area contributed by atoms with Crippen LogP contribution in [0.5, 0.6) is 0 Å². The number of fused-ring (bicyclic) bond motifs is 2. The van der Waals surface area contributed by atoms with E-state index < -0.39 is 81.5 Å². The molecule has 1 aliphatic rings. The Morgan fingerprint density at radius 1 is 1.04 bits per heavy atom. The van der Waals surface area contributed by atoms with Gasteiger partial charge in [-0.25, -0.2) is 32.2 Å². The number of pyridine rings is 1. The lowest BCUT2D eigenvalue weighted by atomic mass is 9.93. The zero-order chi connectivity index (χ0) is 41.2. The Morgan fingerprint density at radius 2 is 1.70 bits per heavy atom. The molecule has 0 saturated heterocycles. The van der Waals surface area contributed by atoms with Crippen molar-refractivity contribution >= 4 is 44.3 Å². The summed E-state index contributed by atoms with van der Waals surface area (Å²) in [6.45, 7) is -0.00939. The lowest BCUT2D eigenvalue weighted by Crippen LogP contribution is -2.35. The number of benzene rings is 2. The first-order valence-electron chi connectivity index (χ1n) is 16.9. The molecule has 21 heteroatoms. The van der Waals surface area contributed by atoms with E-state index in [1.165, 1.54) is 36.3 Å².